The molecule has 1 aliphatic rings. The molecule has 108 valence electrons. The molecule has 0 radical (unpaired) electrons. The van der Waals surface area contributed by atoms with E-state index >= 15 is 0 Å². The molecule has 20 heavy (non-hydrogen) atoms. The van der Waals surface area contributed by atoms with Gasteiger partial charge in [0.2, 0.25) is 0 Å². The second-order valence-electron chi connectivity index (χ2n) is 5.13. The van der Waals surface area contributed by atoms with Crippen molar-refractivity contribution in [3.63, 3.8) is 0 Å². The molecule has 1 N–H and O–H groups in total. The number of hydrogen-bond donors (Lipinski definition) is 1. The Hall–Kier alpha value is -1.33. The summed E-state index contributed by atoms with van der Waals surface area (Å²) in [5.41, 5.74) is 1.29. The van der Waals surface area contributed by atoms with E-state index in [2.05, 4.69) is 17.1 Å². The van der Waals surface area contributed by atoms with Gasteiger partial charge in [-0.1, -0.05) is 11.3 Å². The number of nitrogens with zero attached hydrogens (tertiary/aromatic N) is 2. The SMILES string of the molecule is CCN(Cc1ccco1)c1nc2c(s1)C(NC)CCC2. The largest absolute Gasteiger partial charge is 0.467 e. The topological polar surface area (TPSA) is 41.3 Å². The second kappa shape index (κ2) is 5.97. The van der Waals surface area contributed by atoms with E-state index in [4.69, 9.17) is 9.40 Å². The minimum absolute atomic E-state index is 0.479. The Morgan fingerprint density at radius 1 is 1.55 bits per heavy atom. The number of aromatic nitrogens is 1. The molecule has 2 heterocycles. The van der Waals surface area contributed by atoms with Crippen LogP contribution in [0.3, 0.4) is 0 Å². The Morgan fingerprint density at radius 3 is 3.15 bits per heavy atom. The molecule has 2 aromatic rings. The lowest BCUT2D eigenvalue weighted by molar-refractivity contribution is 0.499. The van der Waals surface area contributed by atoms with Crippen LogP contribution < -0.4 is 10.2 Å². The molecule has 0 fully saturated rings. The van der Waals surface area contributed by atoms with E-state index in [9.17, 15) is 0 Å². The first kappa shape index (κ1) is 13.6. The maximum atomic E-state index is 5.45. The van der Waals surface area contributed by atoms with Gasteiger partial charge in [0.15, 0.2) is 5.13 Å². The van der Waals surface area contributed by atoms with Gasteiger partial charge in [0.25, 0.3) is 0 Å². The average molecular weight is 291 g/mol. The van der Waals surface area contributed by atoms with Crippen LogP contribution in [0.4, 0.5) is 5.13 Å². The van der Waals surface area contributed by atoms with Gasteiger partial charge in [-0.3, -0.25) is 0 Å². The number of furan rings is 1. The zero-order valence-corrected chi connectivity index (χ0v) is 12.9. The predicted octanol–water partition coefficient (Wildman–Crippen LogP) is 3.36. The van der Waals surface area contributed by atoms with Gasteiger partial charge in [-0.15, -0.1) is 0 Å². The minimum Gasteiger partial charge on any atom is -0.467 e. The summed E-state index contributed by atoms with van der Waals surface area (Å²) in [4.78, 5) is 8.57. The Labute approximate surface area is 123 Å². The molecule has 0 saturated carbocycles. The Kier molecular flexibility index (Phi) is 4.08. The van der Waals surface area contributed by atoms with Gasteiger partial charge in [-0.25, -0.2) is 4.98 Å². The van der Waals surface area contributed by atoms with Crippen LogP contribution in [-0.2, 0) is 13.0 Å². The fourth-order valence-corrected chi connectivity index (χ4v) is 4.04. The maximum absolute atomic E-state index is 5.45. The average Bonchev–Trinajstić information content (AvgIpc) is 3.12. The normalized spacial score (nSPS) is 18.0. The van der Waals surface area contributed by atoms with E-state index in [-0.39, 0.29) is 0 Å². The third kappa shape index (κ3) is 2.60. The van der Waals surface area contributed by atoms with E-state index < -0.39 is 0 Å². The highest BCUT2D eigenvalue weighted by molar-refractivity contribution is 7.15. The first-order chi connectivity index (χ1) is 9.81. The number of nitrogens with one attached hydrogen (secondary N) is 1. The molecule has 0 amide bonds. The van der Waals surface area contributed by atoms with Gasteiger partial charge >= 0.3 is 0 Å². The number of aryl methyl sites for hydroxylation is 1. The van der Waals surface area contributed by atoms with E-state index in [0.29, 0.717) is 6.04 Å². The van der Waals surface area contributed by atoms with Crippen molar-refractivity contribution in [2.45, 2.75) is 38.8 Å². The Balaban J connectivity index is 1.83. The van der Waals surface area contributed by atoms with E-state index in [1.165, 1.54) is 23.4 Å². The highest BCUT2D eigenvalue weighted by atomic mass is 32.1. The fourth-order valence-electron chi connectivity index (χ4n) is 2.72. The highest BCUT2D eigenvalue weighted by Gasteiger charge is 2.25. The number of hydrogen-bond acceptors (Lipinski definition) is 5. The van der Waals surface area contributed by atoms with Gasteiger partial charge in [0.05, 0.1) is 18.5 Å². The van der Waals surface area contributed by atoms with Crippen molar-refractivity contribution >= 4 is 16.5 Å². The summed E-state index contributed by atoms with van der Waals surface area (Å²) in [5, 5.41) is 4.53. The van der Waals surface area contributed by atoms with Crippen LogP contribution in [0.2, 0.25) is 0 Å². The zero-order chi connectivity index (χ0) is 13.9. The lowest BCUT2D eigenvalue weighted by atomic mass is 9.98. The van der Waals surface area contributed by atoms with Gasteiger partial charge in [-0.2, -0.15) is 0 Å². The van der Waals surface area contributed by atoms with Crippen molar-refractivity contribution in [1.82, 2.24) is 10.3 Å². The van der Waals surface area contributed by atoms with Crippen LogP contribution >= 0.6 is 11.3 Å². The highest BCUT2D eigenvalue weighted by Crippen LogP contribution is 2.37. The summed E-state index contributed by atoms with van der Waals surface area (Å²) in [6, 6.07) is 4.44. The van der Waals surface area contributed by atoms with Crippen molar-refractivity contribution < 1.29 is 4.42 Å². The van der Waals surface area contributed by atoms with E-state index in [0.717, 1.165) is 30.4 Å². The molecule has 0 bridgehead atoms. The van der Waals surface area contributed by atoms with Crippen LogP contribution in [0.5, 0.6) is 0 Å². The predicted molar refractivity (Wildman–Crippen MR) is 82.3 cm³/mol. The quantitative estimate of drug-likeness (QED) is 0.917. The van der Waals surface area contributed by atoms with Crippen molar-refractivity contribution in [3.8, 4) is 0 Å². The Bertz CT molecular complexity index is 549. The van der Waals surface area contributed by atoms with E-state index in [1.807, 2.05) is 30.5 Å². The fraction of sp³-hybridized carbons (Fsp3) is 0.533. The van der Waals surface area contributed by atoms with Crippen LogP contribution in [0.25, 0.3) is 0 Å². The number of fused-ring (bicyclic) bond motifs is 1. The van der Waals surface area contributed by atoms with Crippen molar-refractivity contribution in [2.75, 3.05) is 18.5 Å². The third-order valence-corrected chi connectivity index (χ3v) is 5.14. The molecule has 1 aliphatic carbocycles. The molecular weight excluding hydrogens is 270 g/mol. The first-order valence-electron chi connectivity index (χ1n) is 7.26. The summed E-state index contributed by atoms with van der Waals surface area (Å²) >= 11 is 1.83. The number of anilines is 1. The summed E-state index contributed by atoms with van der Waals surface area (Å²) in [5.74, 6) is 0.991. The molecule has 0 aromatic carbocycles. The van der Waals surface area contributed by atoms with Gasteiger partial charge in [0, 0.05) is 17.5 Å². The summed E-state index contributed by atoms with van der Waals surface area (Å²) in [7, 11) is 2.04. The number of rotatable bonds is 5. The van der Waals surface area contributed by atoms with Gasteiger partial charge in [0.1, 0.15) is 5.76 Å². The zero-order valence-electron chi connectivity index (χ0n) is 12.1. The maximum Gasteiger partial charge on any atom is 0.186 e. The Morgan fingerprint density at radius 2 is 2.45 bits per heavy atom. The summed E-state index contributed by atoms with van der Waals surface area (Å²) < 4.78 is 5.45. The van der Waals surface area contributed by atoms with Crippen LogP contribution in [0.15, 0.2) is 22.8 Å². The molecule has 1 atom stereocenters. The van der Waals surface area contributed by atoms with Gasteiger partial charge in [-0.05, 0) is 45.4 Å². The molecule has 0 spiro atoms. The van der Waals surface area contributed by atoms with E-state index in [1.54, 1.807) is 6.26 Å². The smallest absolute Gasteiger partial charge is 0.186 e. The molecule has 4 nitrogen and oxygen atoms in total. The lowest BCUT2D eigenvalue weighted by Gasteiger charge is -2.20. The molecule has 3 rings (SSSR count). The summed E-state index contributed by atoms with van der Waals surface area (Å²) in [6.07, 6.45) is 5.29. The molecule has 5 heteroatoms. The van der Waals surface area contributed by atoms with Crippen LogP contribution in [-0.4, -0.2) is 18.6 Å². The van der Waals surface area contributed by atoms with Crippen LogP contribution in [0, 0.1) is 0 Å². The monoisotopic (exact) mass is 291 g/mol. The molecule has 0 aliphatic heterocycles. The first-order valence-corrected chi connectivity index (χ1v) is 8.07. The van der Waals surface area contributed by atoms with Crippen LogP contribution in [0.1, 0.15) is 42.1 Å². The second-order valence-corrected chi connectivity index (χ2v) is 6.14. The van der Waals surface area contributed by atoms with Gasteiger partial charge < -0.3 is 14.6 Å². The van der Waals surface area contributed by atoms with Crippen molar-refractivity contribution in [1.29, 1.82) is 0 Å². The number of thiazole rings is 1. The lowest BCUT2D eigenvalue weighted by Crippen LogP contribution is -2.21. The van der Waals surface area contributed by atoms with Crippen molar-refractivity contribution in [3.05, 3.63) is 34.7 Å². The van der Waals surface area contributed by atoms with Crippen molar-refractivity contribution in [2.24, 2.45) is 0 Å². The molecule has 1 unspecified atom stereocenters. The standard InChI is InChI=1S/C15H21N3OS/c1-3-18(10-11-6-5-9-19-11)15-17-13-8-4-7-12(16-2)14(13)20-15/h5-6,9,12,16H,3-4,7-8,10H2,1-2H3. The molecule has 2 aromatic heterocycles. The third-order valence-electron chi connectivity index (χ3n) is 3.87. The molecule has 0 saturated heterocycles. The minimum atomic E-state index is 0.479. The summed E-state index contributed by atoms with van der Waals surface area (Å²) in [6.45, 7) is 3.90. The molecular formula is C15H21N3OS.